The molecular weight excluding hydrogens is 431 g/mol. The maximum Gasteiger partial charge on any atom is 0.223 e. The standard InChI is InChI=1S/C25H33FO7/c1-21(2)32-18-11-16-15-7-6-13-10-14(27)8-9-22(13,3)24(15,26)17(28)12-23(16,4)25(18,33-21)19(29)20(30)31-5/h8-10,15-18,20,28,30H,6-7,11-12H2,1-5H3/t15-,16-,17-,18+,20?,22-,23-,24-,25-/m0/s1. The van der Waals surface area contributed by atoms with Crippen LogP contribution in [-0.4, -0.2) is 64.4 Å². The lowest BCUT2D eigenvalue weighted by atomic mass is 9.44. The number of aliphatic hydroxyl groups excluding tert-OH is 2. The van der Waals surface area contributed by atoms with Crippen LogP contribution in [0.2, 0.25) is 0 Å². The highest BCUT2D eigenvalue weighted by molar-refractivity contribution is 6.01. The zero-order valence-corrected chi connectivity index (χ0v) is 19.8. The molecule has 0 radical (unpaired) electrons. The zero-order valence-electron chi connectivity index (χ0n) is 19.8. The van der Waals surface area contributed by atoms with Gasteiger partial charge in [-0.25, -0.2) is 4.39 Å². The average Bonchev–Trinajstić information content (AvgIpc) is 3.14. The lowest BCUT2D eigenvalue weighted by Crippen LogP contribution is -2.70. The minimum absolute atomic E-state index is 0.0482. The van der Waals surface area contributed by atoms with E-state index in [4.69, 9.17) is 14.2 Å². The fourth-order valence-corrected chi connectivity index (χ4v) is 8.03. The van der Waals surface area contributed by atoms with E-state index in [1.807, 2.05) is 6.92 Å². The van der Waals surface area contributed by atoms with E-state index in [-0.39, 0.29) is 18.1 Å². The number of carbonyl (C=O) groups excluding carboxylic acids is 2. The molecule has 0 aromatic rings. The molecule has 3 saturated carbocycles. The first-order valence-corrected chi connectivity index (χ1v) is 11.7. The van der Waals surface area contributed by atoms with Gasteiger partial charge in [0, 0.05) is 23.9 Å². The van der Waals surface area contributed by atoms with Crippen LogP contribution in [0.15, 0.2) is 23.8 Å². The lowest BCUT2D eigenvalue weighted by molar-refractivity contribution is -0.251. The predicted molar refractivity (Wildman–Crippen MR) is 115 cm³/mol. The molecule has 182 valence electrons. The van der Waals surface area contributed by atoms with Crippen LogP contribution in [0.4, 0.5) is 4.39 Å². The van der Waals surface area contributed by atoms with Crippen molar-refractivity contribution in [3.63, 3.8) is 0 Å². The molecule has 8 heteroatoms. The normalized spacial score (nSPS) is 50.7. The molecule has 0 aromatic heterocycles. The molecule has 0 aromatic carbocycles. The maximum atomic E-state index is 17.3. The number of halogens is 1. The molecule has 5 aliphatic rings. The van der Waals surface area contributed by atoms with Crippen LogP contribution < -0.4 is 0 Å². The van der Waals surface area contributed by atoms with Crippen molar-refractivity contribution in [1.82, 2.24) is 0 Å². The Hall–Kier alpha value is -1.45. The number of ether oxygens (including phenoxy) is 3. The minimum atomic E-state index is -2.02. The van der Waals surface area contributed by atoms with Gasteiger partial charge in [-0.05, 0) is 64.5 Å². The Morgan fingerprint density at radius 2 is 1.97 bits per heavy atom. The van der Waals surface area contributed by atoms with Crippen molar-refractivity contribution < 1.29 is 38.4 Å². The summed E-state index contributed by atoms with van der Waals surface area (Å²) >= 11 is 0. The minimum Gasteiger partial charge on any atom is -0.390 e. The van der Waals surface area contributed by atoms with Gasteiger partial charge in [0.15, 0.2) is 22.8 Å². The molecule has 0 amide bonds. The largest absolute Gasteiger partial charge is 0.390 e. The molecule has 33 heavy (non-hydrogen) atoms. The van der Waals surface area contributed by atoms with Gasteiger partial charge in [-0.3, -0.25) is 9.59 Å². The molecular formula is C25H33FO7. The summed E-state index contributed by atoms with van der Waals surface area (Å²) in [6, 6.07) is 0. The fourth-order valence-electron chi connectivity index (χ4n) is 8.03. The third kappa shape index (κ3) is 2.62. The Morgan fingerprint density at radius 3 is 2.64 bits per heavy atom. The van der Waals surface area contributed by atoms with Crippen LogP contribution in [0.3, 0.4) is 0 Å². The molecule has 9 atom stereocenters. The van der Waals surface area contributed by atoms with Gasteiger partial charge < -0.3 is 24.4 Å². The van der Waals surface area contributed by atoms with Crippen LogP contribution in [0.5, 0.6) is 0 Å². The fraction of sp³-hybridized carbons (Fsp3) is 0.760. The second-order valence-corrected chi connectivity index (χ2v) is 11.3. The second kappa shape index (κ2) is 6.82. The van der Waals surface area contributed by atoms with Gasteiger partial charge >= 0.3 is 0 Å². The molecule has 7 nitrogen and oxygen atoms in total. The number of allylic oxidation sites excluding steroid dienone is 4. The van der Waals surface area contributed by atoms with E-state index in [9.17, 15) is 19.8 Å². The summed E-state index contributed by atoms with van der Waals surface area (Å²) in [6.07, 6.45) is 1.92. The maximum absolute atomic E-state index is 17.3. The van der Waals surface area contributed by atoms with Crippen molar-refractivity contribution in [3.05, 3.63) is 23.8 Å². The Bertz CT molecular complexity index is 974. The van der Waals surface area contributed by atoms with E-state index in [0.29, 0.717) is 24.8 Å². The lowest BCUT2D eigenvalue weighted by Gasteiger charge is -2.62. The number of methoxy groups -OCH3 is 1. The van der Waals surface area contributed by atoms with Crippen molar-refractivity contribution in [3.8, 4) is 0 Å². The van der Waals surface area contributed by atoms with Crippen LogP contribution in [0.1, 0.15) is 53.4 Å². The SMILES string of the molecule is COC(O)C(=O)[C@@]12OC(C)(C)O[C@@H]1C[C@H]1[C@@H]3CCC4=CC(=O)C=C[C@]4(C)[C@@]3(F)[C@@H](O)C[C@@]12C. The van der Waals surface area contributed by atoms with Gasteiger partial charge in [0.1, 0.15) is 0 Å². The number of rotatable bonds is 3. The van der Waals surface area contributed by atoms with E-state index in [2.05, 4.69) is 0 Å². The van der Waals surface area contributed by atoms with Crippen molar-refractivity contribution in [2.45, 2.75) is 88.9 Å². The smallest absolute Gasteiger partial charge is 0.223 e. The van der Waals surface area contributed by atoms with Gasteiger partial charge in [0.2, 0.25) is 12.1 Å². The van der Waals surface area contributed by atoms with Crippen LogP contribution in [0, 0.1) is 22.7 Å². The topological polar surface area (TPSA) is 102 Å². The number of fused-ring (bicyclic) bond motifs is 7. The number of aliphatic hydroxyl groups is 2. The molecule has 1 unspecified atom stereocenters. The van der Waals surface area contributed by atoms with Gasteiger partial charge in [-0.15, -0.1) is 0 Å². The molecule has 4 fully saturated rings. The Labute approximate surface area is 193 Å². The van der Waals surface area contributed by atoms with Crippen LogP contribution in [-0.2, 0) is 23.8 Å². The van der Waals surface area contributed by atoms with Crippen molar-refractivity contribution in [1.29, 1.82) is 0 Å². The highest BCUT2D eigenvalue weighted by Gasteiger charge is 2.80. The van der Waals surface area contributed by atoms with Gasteiger partial charge in [0.05, 0.1) is 12.2 Å². The molecule has 0 bridgehead atoms. The third-order valence-electron chi connectivity index (χ3n) is 9.45. The summed E-state index contributed by atoms with van der Waals surface area (Å²) in [6.45, 7) is 7.01. The quantitative estimate of drug-likeness (QED) is 0.619. The molecule has 4 aliphatic carbocycles. The van der Waals surface area contributed by atoms with E-state index < -0.39 is 58.1 Å². The summed E-state index contributed by atoms with van der Waals surface area (Å²) in [7, 11) is 1.23. The molecule has 5 rings (SSSR count). The number of ketones is 2. The molecule has 1 heterocycles. The van der Waals surface area contributed by atoms with E-state index >= 15 is 4.39 Å². The first-order chi connectivity index (χ1) is 15.3. The number of Topliss-reactive ketones (excluding diaryl/α,β-unsaturated/α-hetero) is 1. The molecule has 1 saturated heterocycles. The summed E-state index contributed by atoms with van der Waals surface area (Å²) in [5.41, 5.74) is -5.01. The number of hydrogen-bond acceptors (Lipinski definition) is 7. The van der Waals surface area contributed by atoms with Gasteiger partial charge in [-0.2, -0.15) is 0 Å². The number of hydrogen-bond donors (Lipinski definition) is 2. The van der Waals surface area contributed by atoms with Crippen molar-refractivity contribution >= 4 is 11.6 Å². The predicted octanol–water partition coefficient (Wildman–Crippen LogP) is 2.39. The summed E-state index contributed by atoms with van der Waals surface area (Å²) < 4.78 is 34.7. The first kappa shape index (κ1) is 23.3. The van der Waals surface area contributed by atoms with Gasteiger partial charge in [0.25, 0.3) is 0 Å². The molecule has 2 N–H and O–H groups in total. The Morgan fingerprint density at radius 1 is 1.27 bits per heavy atom. The number of alkyl halides is 1. The first-order valence-electron chi connectivity index (χ1n) is 11.7. The zero-order chi connectivity index (χ0) is 24.2. The average molecular weight is 465 g/mol. The second-order valence-electron chi connectivity index (χ2n) is 11.3. The van der Waals surface area contributed by atoms with E-state index in [1.165, 1.54) is 19.3 Å². The Kier molecular flexibility index (Phi) is 4.81. The van der Waals surface area contributed by atoms with Crippen LogP contribution >= 0.6 is 0 Å². The monoisotopic (exact) mass is 464 g/mol. The van der Waals surface area contributed by atoms with Crippen molar-refractivity contribution in [2.24, 2.45) is 22.7 Å². The summed E-state index contributed by atoms with van der Waals surface area (Å²) in [4.78, 5) is 25.6. The van der Waals surface area contributed by atoms with Gasteiger partial charge in [-0.1, -0.05) is 18.6 Å². The highest BCUT2D eigenvalue weighted by Crippen LogP contribution is 2.72. The van der Waals surface area contributed by atoms with Crippen LogP contribution in [0.25, 0.3) is 0 Å². The number of carbonyl (C=O) groups is 2. The highest BCUT2D eigenvalue weighted by atomic mass is 19.1. The molecule has 0 spiro atoms. The third-order valence-corrected chi connectivity index (χ3v) is 9.45. The summed E-state index contributed by atoms with van der Waals surface area (Å²) in [5, 5.41) is 21.8. The molecule has 1 aliphatic heterocycles. The van der Waals surface area contributed by atoms with Crippen molar-refractivity contribution in [2.75, 3.05) is 7.11 Å². The summed E-state index contributed by atoms with van der Waals surface area (Å²) in [5.74, 6) is -2.84. The van der Waals surface area contributed by atoms with E-state index in [1.54, 1.807) is 26.8 Å². The Balaban J connectivity index is 1.64. The van der Waals surface area contributed by atoms with E-state index in [0.717, 1.165) is 0 Å².